The third-order valence-electron chi connectivity index (χ3n) is 1.60. The first kappa shape index (κ1) is 8.75. The van der Waals surface area contributed by atoms with Gasteiger partial charge in [-0.1, -0.05) is 43.0 Å². The summed E-state index contributed by atoms with van der Waals surface area (Å²) < 4.78 is 0. The molecule has 1 heteroatoms. The molecule has 62 valence electrons. The van der Waals surface area contributed by atoms with Crippen LogP contribution in [0.15, 0.2) is 48.6 Å². The summed E-state index contributed by atoms with van der Waals surface area (Å²) in [5, 5.41) is 8.85. The highest BCUT2D eigenvalue weighted by molar-refractivity contribution is 5.55. The quantitative estimate of drug-likeness (QED) is 0.672. The fourth-order valence-corrected chi connectivity index (χ4v) is 0.932. The first-order valence-electron chi connectivity index (χ1n) is 3.85. The molecule has 1 rings (SSSR count). The van der Waals surface area contributed by atoms with E-state index in [4.69, 9.17) is 5.11 Å². The van der Waals surface area contributed by atoms with E-state index in [1.807, 2.05) is 36.4 Å². The topological polar surface area (TPSA) is 20.2 Å². The summed E-state index contributed by atoms with van der Waals surface area (Å²) >= 11 is 0. The Balaban J connectivity index is 2.86. The molecule has 0 aliphatic rings. The van der Waals surface area contributed by atoms with E-state index in [-0.39, 0.29) is 6.61 Å². The minimum Gasteiger partial charge on any atom is -0.392 e. The van der Waals surface area contributed by atoms with Crippen LogP contribution in [0.4, 0.5) is 0 Å². The molecule has 0 aromatic heterocycles. The zero-order valence-corrected chi connectivity index (χ0v) is 6.90. The lowest BCUT2D eigenvalue weighted by molar-refractivity contribution is 0.336. The van der Waals surface area contributed by atoms with E-state index in [9.17, 15) is 0 Å². The maximum absolute atomic E-state index is 8.85. The van der Waals surface area contributed by atoms with Crippen molar-refractivity contribution in [3.05, 3.63) is 54.1 Å². The summed E-state index contributed by atoms with van der Waals surface area (Å²) in [5.41, 5.74) is 1.92. The van der Waals surface area contributed by atoms with Gasteiger partial charge in [0.2, 0.25) is 0 Å². The molecule has 0 saturated heterocycles. The maximum atomic E-state index is 8.85. The normalized spacial score (nSPS) is 11.2. The lowest BCUT2D eigenvalue weighted by Crippen LogP contribution is -1.84. The molecule has 12 heavy (non-hydrogen) atoms. The minimum absolute atomic E-state index is 0.0401. The monoisotopic (exact) mass is 160 g/mol. The first-order valence-corrected chi connectivity index (χ1v) is 3.85. The second kappa shape index (κ2) is 4.52. The van der Waals surface area contributed by atoms with E-state index < -0.39 is 0 Å². The molecule has 0 spiro atoms. The van der Waals surface area contributed by atoms with Crippen LogP contribution in [0.3, 0.4) is 0 Å². The van der Waals surface area contributed by atoms with Gasteiger partial charge in [-0.2, -0.15) is 0 Å². The van der Waals surface area contributed by atoms with Gasteiger partial charge < -0.3 is 5.11 Å². The molecule has 0 radical (unpaired) electrons. The number of hydrogen-bond acceptors (Lipinski definition) is 1. The van der Waals surface area contributed by atoms with Crippen LogP contribution in [0.5, 0.6) is 0 Å². The molecule has 0 unspecified atom stereocenters. The Bertz CT molecular complexity index is 272. The standard InChI is InChI=1S/C11H12O/c1-2-10(9-12)8-11-6-4-3-5-7-11/h2-8,12H,1,9H2/b10-8-. The molecule has 0 fully saturated rings. The lowest BCUT2D eigenvalue weighted by Gasteiger charge is -1.96. The second-order valence-corrected chi connectivity index (χ2v) is 2.49. The van der Waals surface area contributed by atoms with Gasteiger partial charge in [0, 0.05) is 0 Å². The van der Waals surface area contributed by atoms with Gasteiger partial charge in [-0.3, -0.25) is 0 Å². The molecule has 0 saturated carbocycles. The van der Waals surface area contributed by atoms with Crippen LogP contribution in [-0.2, 0) is 0 Å². The van der Waals surface area contributed by atoms with Gasteiger partial charge in [0.1, 0.15) is 0 Å². The van der Waals surface area contributed by atoms with Crippen molar-refractivity contribution in [2.75, 3.05) is 6.61 Å². The summed E-state index contributed by atoms with van der Waals surface area (Å²) in [5.74, 6) is 0. The Labute approximate surface area is 72.7 Å². The minimum atomic E-state index is 0.0401. The van der Waals surface area contributed by atoms with Crippen LogP contribution < -0.4 is 0 Å². The van der Waals surface area contributed by atoms with E-state index in [1.54, 1.807) is 6.08 Å². The number of aliphatic hydroxyl groups excluding tert-OH is 1. The molecule has 0 heterocycles. The van der Waals surface area contributed by atoms with Crippen LogP contribution in [0.2, 0.25) is 0 Å². The van der Waals surface area contributed by atoms with Gasteiger partial charge in [0.15, 0.2) is 0 Å². The van der Waals surface area contributed by atoms with Crippen molar-refractivity contribution in [3.63, 3.8) is 0 Å². The van der Waals surface area contributed by atoms with Crippen molar-refractivity contribution >= 4 is 6.08 Å². The van der Waals surface area contributed by atoms with Gasteiger partial charge in [-0.05, 0) is 17.2 Å². The van der Waals surface area contributed by atoms with E-state index >= 15 is 0 Å². The van der Waals surface area contributed by atoms with Gasteiger partial charge >= 0.3 is 0 Å². The number of hydrogen-bond donors (Lipinski definition) is 1. The molecule has 0 amide bonds. The van der Waals surface area contributed by atoms with E-state index in [2.05, 4.69) is 6.58 Å². The average molecular weight is 160 g/mol. The Morgan fingerprint density at radius 3 is 2.50 bits per heavy atom. The molecule has 1 aromatic carbocycles. The van der Waals surface area contributed by atoms with E-state index in [0.717, 1.165) is 11.1 Å². The van der Waals surface area contributed by atoms with Crippen molar-refractivity contribution in [3.8, 4) is 0 Å². The summed E-state index contributed by atoms with van der Waals surface area (Å²) in [6.07, 6.45) is 3.57. The smallest absolute Gasteiger partial charge is 0.0681 e. The third-order valence-corrected chi connectivity index (χ3v) is 1.60. The van der Waals surface area contributed by atoms with Crippen LogP contribution >= 0.6 is 0 Å². The Morgan fingerprint density at radius 2 is 2.00 bits per heavy atom. The maximum Gasteiger partial charge on any atom is 0.0681 e. The Kier molecular flexibility index (Phi) is 3.30. The molecule has 1 nitrogen and oxygen atoms in total. The largest absolute Gasteiger partial charge is 0.392 e. The summed E-state index contributed by atoms with van der Waals surface area (Å²) in [7, 11) is 0. The molecule has 1 N–H and O–H groups in total. The molecular weight excluding hydrogens is 148 g/mol. The van der Waals surface area contributed by atoms with Crippen molar-refractivity contribution in [1.82, 2.24) is 0 Å². The Hall–Kier alpha value is -1.34. The number of benzene rings is 1. The lowest BCUT2D eigenvalue weighted by atomic mass is 10.1. The van der Waals surface area contributed by atoms with Crippen molar-refractivity contribution in [2.24, 2.45) is 0 Å². The fraction of sp³-hybridized carbons (Fsp3) is 0.0909. The molecule has 0 aliphatic carbocycles. The average Bonchev–Trinajstić information content (AvgIpc) is 2.16. The summed E-state index contributed by atoms with van der Waals surface area (Å²) in [6.45, 7) is 3.64. The van der Waals surface area contributed by atoms with E-state index in [1.165, 1.54) is 0 Å². The predicted molar refractivity (Wildman–Crippen MR) is 51.7 cm³/mol. The summed E-state index contributed by atoms with van der Waals surface area (Å²) in [4.78, 5) is 0. The van der Waals surface area contributed by atoms with Crippen molar-refractivity contribution in [2.45, 2.75) is 0 Å². The predicted octanol–water partition coefficient (Wildman–Crippen LogP) is 2.25. The molecule has 0 bridgehead atoms. The van der Waals surface area contributed by atoms with Crippen molar-refractivity contribution < 1.29 is 5.11 Å². The van der Waals surface area contributed by atoms with Gasteiger partial charge in [-0.15, -0.1) is 0 Å². The third kappa shape index (κ3) is 2.36. The van der Waals surface area contributed by atoms with Crippen LogP contribution in [0.1, 0.15) is 5.56 Å². The van der Waals surface area contributed by atoms with Crippen LogP contribution in [-0.4, -0.2) is 11.7 Å². The van der Waals surface area contributed by atoms with Gasteiger partial charge in [0.05, 0.1) is 6.61 Å². The SMILES string of the molecule is C=C/C(=C/c1ccccc1)CO. The zero-order valence-electron chi connectivity index (χ0n) is 6.90. The summed E-state index contributed by atoms with van der Waals surface area (Å²) in [6, 6.07) is 9.86. The highest BCUT2D eigenvalue weighted by Gasteiger charge is 1.88. The highest BCUT2D eigenvalue weighted by Crippen LogP contribution is 2.06. The molecular formula is C11H12O. The van der Waals surface area contributed by atoms with E-state index in [0.29, 0.717) is 0 Å². The number of rotatable bonds is 3. The van der Waals surface area contributed by atoms with Gasteiger partial charge in [0.25, 0.3) is 0 Å². The highest BCUT2D eigenvalue weighted by atomic mass is 16.3. The molecule has 0 atom stereocenters. The number of aliphatic hydroxyl groups is 1. The fourth-order valence-electron chi connectivity index (χ4n) is 0.932. The molecule has 1 aromatic rings. The second-order valence-electron chi connectivity index (χ2n) is 2.49. The van der Waals surface area contributed by atoms with Crippen molar-refractivity contribution in [1.29, 1.82) is 0 Å². The molecule has 0 aliphatic heterocycles. The zero-order chi connectivity index (χ0) is 8.81. The van der Waals surface area contributed by atoms with Crippen LogP contribution in [0, 0.1) is 0 Å². The van der Waals surface area contributed by atoms with Crippen LogP contribution in [0.25, 0.3) is 6.08 Å². The first-order chi connectivity index (χ1) is 5.86. The van der Waals surface area contributed by atoms with Gasteiger partial charge in [-0.25, -0.2) is 0 Å². The Morgan fingerprint density at radius 1 is 1.33 bits per heavy atom.